The monoisotopic (exact) mass is 390 g/mol. The summed E-state index contributed by atoms with van der Waals surface area (Å²) in [5.41, 5.74) is -0.0852. The molecule has 0 radical (unpaired) electrons. The highest BCUT2D eigenvalue weighted by Crippen LogP contribution is 2.34. The third-order valence-corrected chi connectivity index (χ3v) is 3.79. The van der Waals surface area contributed by atoms with Gasteiger partial charge in [-0.2, -0.15) is 0 Å². The first kappa shape index (κ1) is 15.7. The van der Waals surface area contributed by atoms with Gasteiger partial charge in [-0.15, -0.1) is 0 Å². The normalized spacial score (nSPS) is 14.4. The molecule has 24 heavy (non-hydrogen) atoms. The van der Waals surface area contributed by atoms with E-state index in [0.29, 0.717) is 15.7 Å². The number of aliphatic imine (C=N–C) groups is 1. The van der Waals surface area contributed by atoms with Gasteiger partial charge in [0.15, 0.2) is 0 Å². The van der Waals surface area contributed by atoms with Crippen molar-refractivity contribution in [3.8, 4) is 0 Å². The second kappa shape index (κ2) is 5.81. The van der Waals surface area contributed by atoms with Gasteiger partial charge in [-0.1, -0.05) is 15.9 Å². The molecule has 1 aliphatic heterocycles. The predicted molar refractivity (Wildman–Crippen MR) is 88.7 cm³/mol. The topological polar surface area (TPSA) is 128 Å². The van der Waals surface area contributed by atoms with E-state index >= 15 is 0 Å². The molecule has 1 amide bonds. The maximum Gasteiger partial charge on any atom is 0.301 e. The summed E-state index contributed by atoms with van der Waals surface area (Å²) in [6.07, 6.45) is 0. The maximum absolute atomic E-state index is 12.1. The minimum atomic E-state index is -0.777. The lowest BCUT2D eigenvalue weighted by atomic mass is 10.1. The Balaban J connectivity index is 2.16. The summed E-state index contributed by atoms with van der Waals surface area (Å²) in [4.78, 5) is 36.5. The van der Waals surface area contributed by atoms with Gasteiger partial charge in [-0.25, -0.2) is 4.99 Å². The van der Waals surface area contributed by atoms with Gasteiger partial charge in [0, 0.05) is 16.1 Å². The number of carbonyl (C=O) groups is 1. The fourth-order valence-corrected chi connectivity index (χ4v) is 2.58. The summed E-state index contributed by atoms with van der Waals surface area (Å²) in [5.74, 6) is -0.504. The third kappa shape index (κ3) is 2.74. The van der Waals surface area contributed by atoms with Crippen molar-refractivity contribution in [2.24, 2.45) is 4.99 Å². The smallest absolute Gasteiger partial charge is 0.301 e. The Morgan fingerprint density at radius 2 is 1.79 bits per heavy atom. The van der Waals surface area contributed by atoms with Crippen molar-refractivity contribution in [1.29, 1.82) is 0 Å². The summed E-state index contributed by atoms with van der Waals surface area (Å²) in [5, 5.41) is 24.5. The number of anilines is 1. The Bertz CT molecular complexity index is 941. The molecule has 3 rings (SSSR count). The zero-order valence-electron chi connectivity index (χ0n) is 11.7. The number of fused-ring (bicyclic) bond motifs is 1. The van der Waals surface area contributed by atoms with Crippen LogP contribution in [0.1, 0.15) is 5.56 Å². The quantitative estimate of drug-likeness (QED) is 0.634. The predicted octanol–water partition coefficient (Wildman–Crippen LogP) is 3.34. The highest BCUT2D eigenvalue weighted by atomic mass is 79.9. The average Bonchev–Trinajstić information content (AvgIpc) is 2.83. The van der Waals surface area contributed by atoms with Crippen LogP contribution in [0.2, 0.25) is 0 Å². The third-order valence-electron chi connectivity index (χ3n) is 3.30. The zero-order chi connectivity index (χ0) is 17.4. The Hall–Kier alpha value is -3.14. The lowest BCUT2D eigenvalue weighted by Gasteiger charge is -2.01. The molecule has 1 heterocycles. The van der Waals surface area contributed by atoms with Crippen LogP contribution in [0.5, 0.6) is 0 Å². The number of benzene rings is 2. The molecule has 0 aliphatic carbocycles. The first-order valence-corrected chi connectivity index (χ1v) is 7.29. The van der Waals surface area contributed by atoms with Gasteiger partial charge >= 0.3 is 5.69 Å². The molecule has 0 atom stereocenters. The number of halogens is 1. The van der Waals surface area contributed by atoms with Gasteiger partial charge in [-0.05, 0) is 24.3 Å². The molecule has 2 aromatic rings. The summed E-state index contributed by atoms with van der Waals surface area (Å²) in [6.45, 7) is 0. The van der Waals surface area contributed by atoms with Crippen LogP contribution in [-0.2, 0) is 4.79 Å². The summed E-state index contributed by atoms with van der Waals surface area (Å²) in [6, 6.07) is 8.12. The van der Waals surface area contributed by atoms with Gasteiger partial charge < -0.3 is 5.32 Å². The molecule has 0 fully saturated rings. The number of nitro groups is 2. The van der Waals surface area contributed by atoms with E-state index in [-0.39, 0.29) is 11.4 Å². The second-order valence-electron chi connectivity index (χ2n) is 4.79. The van der Waals surface area contributed by atoms with Crippen LogP contribution < -0.4 is 5.32 Å². The van der Waals surface area contributed by atoms with Gasteiger partial charge in [0.25, 0.3) is 11.6 Å². The minimum Gasteiger partial charge on any atom is -0.320 e. The molecule has 0 saturated carbocycles. The van der Waals surface area contributed by atoms with E-state index in [4.69, 9.17) is 0 Å². The molecule has 2 aromatic carbocycles. The van der Waals surface area contributed by atoms with E-state index < -0.39 is 27.1 Å². The lowest BCUT2D eigenvalue weighted by Crippen LogP contribution is -2.14. The number of hydrogen-bond acceptors (Lipinski definition) is 6. The highest BCUT2D eigenvalue weighted by molar-refractivity contribution is 9.10. The van der Waals surface area contributed by atoms with Gasteiger partial charge in [0.1, 0.15) is 11.4 Å². The lowest BCUT2D eigenvalue weighted by molar-refractivity contribution is -0.393. The number of nitro benzene ring substituents is 2. The molecule has 1 aliphatic rings. The van der Waals surface area contributed by atoms with E-state index in [2.05, 4.69) is 26.2 Å². The number of amides is 1. The van der Waals surface area contributed by atoms with Crippen LogP contribution in [0.3, 0.4) is 0 Å². The van der Waals surface area contributed by atoms with Crippen LogP contribution >= 0.6 is 15.9 Å². The number of carbonyl (C=O) groups excluding carboxylic acids is 1. The highest BCUT2D eigenvalue weighted by Gasteiger charge is 2.28. The first-order chi connectivity index (χ1) is 11.4. The van der Waals surface area contributed by atoms with Crippen LogP contribution in [0.25, 0.3) is 0 Å². The van der Waals surface area contributed by atoms with E-state index in [9.17, 15) is 25.0 Å². The SMILES string of the molecule is O=C1Nc2ccc(Br)cc2C1=Nc1ccc([N+](=O)[O-])cc1[N+](=O)[O-]. The number of rotatable bonds is 3. The van der Waals surface area contributed by atoms with Crippen LogP contribution in [-0.4, -0.2) is 21.5 Å². The molecule has 0 aromatic heterocycles. The minimum absolute atomic E-state index is 0.00301. The van der Waals surface area contributed by atoms with E-state index in [1.807, 2.05) is 0 Å². The number of nitrogens with one attached hydrogen (secondary N) is 1. The van der Waals surface area contributed by atoms with Crippen molar-refractivity contribution < 1.29 is 14.6 Å². The van der Waals surface area contributed by atoms with E-state index in [0.717, 1.165) is 18.2 Å². The molecule has 0 bridgehead atoms. The van der Waals surface area contributed by atoms with E-state index in [1.165, 1.54) is 0 Å². The fourth-order valence-electron chi connectivity index (χ4n) is 2.22. The van der Waals surface area contributed by atoms with Gasteiger partial charge in [-0.3, -0.25) is 25.0 Å². The summed E-state index contributed by atoms with van der Waals surface area (Å²) < 4.78 is 0.712. The Kier molecular flexibility index (Phi) is 3.81. The van der Waals surface area contributed by atoms with Crippen molar-refractivity contribution in [1.82, 2.24) is 0 Å². The zero-order valence-corrected chi connectivity index (χ0v) is 13.3. The molecule has 9 nitrogen and oxygen atoms in total. The molecule has 1 N–H and O–H groups in total. The molecule has 0 saturated heterocycles. The van der Waals surface area contributed by atoms with Gasteiger partial charge in [0.05, 0.1) is 21.6 Å². The van der Waals surface area contributed by atoms with Crippen LogP contribution in [0.15, 0.2) is 45.9 Å². The first-order valence-electron chi connectivity index (χ1n) is 6.49. The summed E-state index contributed by atoms with van der Waals surface area (Å²) >= 11 is 3.28. The average molecular weight is 391 g/mol. The van der Waals surface area contributed by atoms with Crippen LogP contribution in [0, 0.1) is 20.2 Å². The van der Waals surface area contributed by atoms with Crippen molar-refractivity contribution in [2.75, 3.05) is 5.32 Å². The maximum atomic E-state index is 12.1. The molecular formula is C14H7BrN4O5. The molecule has 0 unspecified atom stereocenters. The van der Waals surface area contributed by atoms with Crippen molar-refractivity contribution in [3.63, 3.8) is 0 Å². The largest absolute Gasteiger partial charge is 0.320 e. The number of non-ortho nitro benzene ring substituents is 1. The Labute approximate surface area is 142 Å². The second-order valence-corrected chi connectivity index (χ2v) is 5.71. The van der Waals surface area contributed by atoms with Crippen molar-refractivity contribution in [2.45, 2.75) is 0 Å². The van der Waals surface area contributed by atoms with E-state index in [1.54, 1.807) is 18.2 Å². The molecule has 120 valence electrons. The van der Waals surface area contributed by atoms with Gasteiger partial charge in [0.2, 0.25) is 0 Å². The fraction of sp³-hybridized carbons (Fsp3) is 0. The number of hydrogen-bond donors (Lipinski definition) is 1. The molecular weight excluding hydrogens is 384 g/mol. The van der Waals surface area contributed by atoms with Crippen molar-refractivity contribution in [3.05, 3.63) is 66.7 Å². The molecule has 0 spiro atoms. The Morgan fingerprint density at radius 3 is 2.46 bits per heavy atom. The molecule has 10 heteroatoms. The Morgan fingerprint density at radius 1 is 1.04 bits per heavy atom. The van der Waals surface area contributed by atoms with Crippen molar-refractivity contribution >= 4 is 50.3 Å². The summed E-state index contributed by atoms with van der Waals surface area (Å²) in [7, 11) is 0. The number of nitrogens with zero attached hydrogens (tertiary/aromatic N) is 3. The standard InChI is InChI=1S/C14H7BrN4O5/c15-7-1-3-10-9(5-7)13(14(20)17-10)16-11-4-2-8(18(21)22)6-12(11)19(23)24/h1-6H,(H,16,17,20). The van der Waals surface area contributed by atoms with Crippen LogP contribution in [0.4, 0.5) is 22.7 Å².